The molecule has 0 saturated carbocycles. The molecule has 1 N–H and O–H groups in total. The first-order valence-corrected chi connectivity index (χ1v) is 4.85. The minimum atomic E-state index is 0.276. The van der Waals surface area contributed by atoms with E-state index in [-0.39, 0.29) is 6.61 Å². The number of likely N-dealkylation sites (tertiary alicyclic amines) is 1. The first-order valence-electron chi connectivity index (χ1n) is 4.04. The molecule has 0 aromatic rings. The van der Waals surface area contributed by atoms with Crippen LogP contribution in [0.25, 0.3) is 0 Å². The van der Waals surface area contributed by atoms with Crippen LogP contribution in [0.2, 0.25) is 0 Å². The van der Waals surface area contributed by atoms with Crippen molar-refractivity contribution >= 4 is 23.2 Å². The Labute approximate surface area is 82.8 Å². The van der Waals surface area contributed by atoms with Gasteiger partial charge in [-0.25, -0.2) is 0 Å². The smallest absolute Gasteiger partial charge is 0.0471 e. The molecular weight excluding hydrogens is 197 g/mol. The van der Waals surface area contributed by atoms with Crippen LogP contribution in [0.5, 0.6) is 0 Å². The molecular formula is C8H13Cl2NO. The van der Waals surface area contributed by atoms with Gasteiger partial charge in [0.15, 0.2) is 0 Å². The third-order valence-electron chi connectivity index (χ3n) is 2.12. The van der Waals surface area contributed by atoms with Gasteiger partial charge < -0.3 is 5.11 Å². The van der Waals surface area contributed by atoms with Crippen molar-refractivity contribution in [2.24, 2.45) is 5.92 Å². The van der Waals surface area contributed by atoms with Crippen molar-refractivity contribution < 1.29 is 5.11 Å². The second kappa shape index (κ2) is 5.07. The number of aliphatic hydroxyl groups excluding tert-OH is 1. The molecule has 1 atom stereocenters. The van der Waals surface area contributed by atoms with Crippen LogP contribution in [-0.2, 0) is 0 Å². The number of hydrogen-bond donors (Lipinski definition) is 1. The lowest BCUT2D eigenvalue weighted by atomic mass is 10.1. The topological polar surface area (TPSA) is 23.5 Å². The summed E-state index contributed by atoms with van der Waals surface area (Å²) in [6.07, 6.45) is 1.06. The summed E-state index contributed by atoms with van der Waals surface area (Å²) >= 11 is 11.2. The summed E-state index contributed by atoms with van der Waals surface area (Å²) in [5, 5.41) is 9.54. The number of aliphatic hydroxyl groups is 1. The Morgan fingerprint density at radius 3 is 2.92 bits per heavy atom. The van der Waals surface area contributed by atoms with E-state index in [1.807, 2.05) is 0 Å². The number of nitrogens with zero attached hydrogens (tertiary/aromatic N) is 1. The maximum Gasteiger partial charge on any atom is 0.0471 e. The molecule has 2 nitrogen and oxygen atoms in total. The largest absolute Gasteiger partial charge is 0.396 e. The number of rotatable bonds is 3. The van der Waals surface area contributed by atoms with E-state index in [2.05, 4.69) is 4.90 Å². The second-order valence-electron chi connectivity index (χ2n) is 3.13. The van der Waals surface area contributed by atoms with E-state index in [9.17, 15) is 0 Å². The van der Waals surface area contributed by atoms with Gasteiger partial charge in [0, 0.05) is 30.3 Å². The number of hydrogen-bond acceptors (Lipinski definition) is 2. The van der Waals surface area contributed by atoms with Crippen LogP contribution in [0.3, 0.4) is 0 Å². The van der Waals surface area contributed by atoms with Crippen molar-refractivity contribution in [3.05, 3.63) is 10.6 Å². The molecule has 0 bridgehead atoms. The van der Waals surface area contributed by atoms with E-state index in [0.717, 1.165) is 19.5 Å². The molecule has 1 fully saturated rings. The predicted molar refractivity (Wildman–Crippen MR) is 51.4 cm³/mol. The highest BCUT2D eigenvalue weighted by Crippen LogP contribution is 2.17. The summed E-state index contributed by atoms with van der Waals surface area (Å²) in [6, 6.07) is 0. The average molecular weight is 210 g/mol. The fourth-order valence-corrected chi connectivity index (χ4v) is 1.69. The van der Waals surface area contributed by atoms with Crippen molar-refractivity contribution in [1.82, 2.24) is 4.90 Å². The standard InChI is InChI=1S/C8H13Cl2NO/c9-3-8(10)5-11-2-1-7(4-11)6-12/h3,7,12H,1-2,4-6H2/b8-3-/t7-/m1/s1. The van der Waals surface area contributed by atoms with E-state index < -0.39 is 0 Å². The zero-order valence-electron chi connectivity index (χ0n) is 6.84. The molecule has 1 aliphatic heterocycles. The van der Waals surface area contributed by atoms with E-state index in [1.54, 1.807) is 0 Å². The Bertz CT molecular complexity index is 172. The summed E-state index contributed by atoms with van der Waals surface area (Å²) in [7, 11) is 0. The van der Waals surface area contributed by atoms with Gasteiger partial charge in [-0.05, 0) is 18.9 Å². The van der Waals surface area contributed by atoms with Crippen LogP contribution in [-0.4, -0.2) is 36.2 Å². The fraction of sp³-hybridized carbons (Fsp3) is 0.750. The van der Waals surface area contributed by atoms with Crippen molar-refractivity contribution in [2.45, 2.75) is 6.42 Å². The minimum absolute atomic E-state index is 0.276. The van der Waals surface area contributed by atoms with E-state index in [4.69, 9.17) is 28.3 Å². The Hall–Kier alpha value is 0.240. The van der Waals surface area contributed by atoms with Gasteiger partial charge in [-0.3, -0.25) is 4.90 Å². The van der Waals surface area contributed by atoms with E-state index >= 15 is 0 Å². The fourth-order valence-electron chi connectivity index (χ4n) is 1.45. The van der Waals surface area contributed by atoms with Crippen LogP contribution in [0.15, 0.2) is 10.6 Å². The third-order valence-corrected chi connectivity index (χ3v) is 2.72. The second-order valence-corrected chi connectivity index (χ2v) is 3.83. The molecule has 0 radical (unpaired) electrons. The molecule has 0 aromatic heterocycles. The molecule has 0 aromatic carbocycles. The first kappa shape index (κ1) is 10.3. The molecule has 1 saturated heterocycles. The van der Waals surface area contributed by atoms with Crippen LogP contribution < -0.4 is 0 Å². The van der Waals surface area contributed by atoms with Gasteiger partial charge in [-0.2, -0.15) is 0 Å². The lowest BCUT2D eigenvalue weighted by molar-refractivity contribution is 0.225. The van der Waals surface area contributed by atoms with Gasteiger partial charge in [0.05, 0.1) is 0 Å². The van der Waals surface area contributed by atoms with Crippen LogP contribution in [0.1, 0.15) is 6.42 Å². The molecule has 0 unspecified atom stereocenters. The number of halogens is 2. The SMILES string of the molecule is OC[C@@H]1CCN(C/C(Cl)=C/Cl)C1. The first-order chi connectivity index (χ1) is 5.76. The Morgan fingerprint density at radius 1 is 1.67 bits per heavy atom. The summed E-state index contributed by atoms with van der Waals surface area (Å²) in [5.41, 5.74) is 1.40. The monoisotopic (exact) mass is 209 g/mol. The molecule has 70 valence electrons. The Kier molecular flexibility index (Phi) is 4.36. The zero-order chi connectivity index (χ0) is 8.97. The maximum atomic E-state index is 8.87. The van der Waals surface area contributed by atoms with Crippen LogP contribution >= 0.6 is 23.2 Å². The van der Waals surface area contributed by atoms with Crippen molar-refractivity contribution in [3.8, 4) is 0 Å². The summed E-state index contributed by atoms with van der Waals surface area (Å²) in [5.74, 6) is 0.421. The van der Waals surface area contributed by atoms with Crippen LogP contribution in [0, 0.1) is 5.92 Å². The van der Waals surface area contributed by atoms with Crippen molar-refractivity contribution in [3.63, 3.8) is 0 Å². The zero-order valence-corrected chi connectivity index (χ0v) is 8.35. The molecule has 0 aliphatic carbocycles. The molecule has 1 heterocycles. The predicted octanol–water partition coefficient (Wildman–Crippen LogP) is 1.62. The third kappa shape index (κ3) is 2.94. The van der Waals surface area contributed by atoms with Gasteiger partial charge in [0.25, 0.3) is 0 Å². The van der Waals surface area contributed by atoms with Gasteiger partial charge in [-0.15, -0.1) is 0 Å². The summed E-state index contributed by atoms with van der Waals surface area (Å²) < 4.78 is 0. The average Bonchev–Trinajstić information content (AvgIpc) is 2.52. The molecule has 0 spiro atoms. The highest BCUT2D eigenvalue weighted by Gasteiger charge is 2.21. The molecule has 4 heteroatoms. The van der Waals surface area contributed by atoms with Crippen LogP contribution in [0.4, 0.5) is 0 Å². The Morgan fingerprint density at radius 2 is 2.42 bits per heavy atom. The normalized spacial score (nSPS) is 26.6. The van der Waals surface area contributed by atoms with Gasteiger partial charge in [-0.1, -0.05) is 23.2 Å². The lowest BCUT2D eigenvalue weighted by Crippen LogP contribution is -2.22. The quantitative estimate of drug-likeness (QED) is 0.765. The van der Waals surface area contributed by atoms with E-state index in [1.165, 1.54) is 5.54 Å². The van der Waals surface area contributed by atoms with Gasteiger partial charge in [0.2, 0.25) is 0 Å². The Balaban J connectivity index is 2.28. The summed E-state index contributed by atoms with van der Waals surface area (Å²) in [6.45, 7) is 2.92. The maximum absolute atomic E-state index is 8.87. The lowest BCUT2D eigenvalue weighted by Gasteiger charge is -2.13. The molecule has 1 aliphatic rings. The molecule has 0 amide bonds. The van der Waals surface area contributed by atoms with E-state index in [0.29, 0.717) is 17.5 Å². The van der Waals surface area contributed by atoms with Gasteiger partial charge >= 0.3 is 0 Å². The molecule has 1 rings (SSSR count). The highest BCUT2D eigenvalue weighted by molar-refractivity contribution is 6.36. The highest BCUT2D eigenvalue weighted by atomic mass is 35.5. The van der Waals surface area contributed by atoms with Crippen molar-refractivity contribution in [1.29, 1.82) is 0 Å². The molecule has 12 heavy (non-hydrogen) atoms. The van der Waals surface area contributed by atoms with Crippen molar-refractivity contribution in [2.75, 3.05) is 26.2 Å². The summed E-state index contributed by atoms with van der Waals surface area (Å²) in [4.78, 5) is 2.20. The minimum Gasteiger partial charge on any atom is -0.396 e. The van der Waals surface area contributed by atoms with Gasteiger partial charge in [0.1, 0.15) is 0 Å².